The van der Waals surface area contributed by atoms with Crippen LogP contribution in [0.1, 0.15) is 11.1 Å². The zero-order valence-corrected chi connectivity index (χ0v) is 11.0. The first-order chi connectivity index (χ1) is 8.18. The molecule has 0 N–H and O–H groups in total. The average molecular weight is 313 g/mol. The van der Waals surface area contributed by atoms with Gasteiger partial charge in [0.25, 0.3) is 0 Å². The molecule has 4 heteroatoms. The van der Waals surface area contributed by atoms with Gasteiger partial charge in [0.1, 0.15) is 11.0 Å². The Labute approximate surface area is 112 Å². The van der Waals surface area contributed by atoms with Gasteiger partial charge in [-0.15, -0.1) is 0 Å². The summed E-state index contributed by atoms with van der Waals surface area (Å²) >= 11 is 9.16. The van der Waals surface area contributed by atoms with Crippen LogP contribution in [-0.2, 0) is 0 Å². The van der Waals surface area contributed by atoms with E-state index in [-0.39, 0.29) is 11.0 Å². The lowest BCUT2D eigenvalue weighted by Gasteiger charge is -2.02. The quantitative estimate of drug-likeness (QED) is 0.714. The predicted molar refractivity (Wildman–Crippen MR) is 72.4 cm³/mol. The van der Waals surface area contributed by atoms with Crippen molar-refractivity contribution in [2.75, 3.05) is 0 Å². The second-order valence-electron chi connectivity index (χ2n) is 3.36. The molecule has 2 aromatic rings. The van der Waals surface area contributed by atoms with Crippen LogP contribution < -0.4 is 0 Å². The van der Waals surface area contributed by atoms with Crippen molar-refractivity contribution < 1.29 is 4.39 Å². The molecule has 86 valence electrons. The largest absolute Gasteiger partial charge is 0.244 e. The van der Waals surface area contributed by atoms with Crippen LogP contribution in [0.5, 0.6) is 0 Å². The Morgan fingerprint density at radius 2 is 2.00 bits per heavy atom. The minimum atomic E-state index is -0.354. The van der Waals surface area contributed by atoms with Gasteiger partial charge in [0, 0.05) is 21.8 Å². The van der Waals surface area contributed by atoms with E-state index in [1.54, 1.807) is 36.5 Å². The van der Waals surface area contributed by atoms with Crippen molar-refractivity contribution in [3.63, 3.8) is 0 Å². The number of halogens is 3. The lowest BCUT2D eigenvalue weighted by Crippen LogP contribution is -1.83. The molecule has 0 bridgehead atoms. The first kappa shape index (κ1) is 12.3. The summed E-state index contributed by atoms with van der Waals surface area (Å²) in [6.07, 6.45) is 2.94. The highest BCUT2D eigenvalue weighted by Crippen LogP contribution is 2.27. The fraction of sp³-hybridized carbons (Fsp3) is 0. The molecule has 0 aliphatic heterocycles. The van der Waals surface area contributed by atoms with Crippen LogP contribution in [0, 0.1) is 0 Å². The third-order valence-electron chi connectivity index (χ3n) is 2.20. The highest BCUT2D eigenvalue weighted by molar-refractivity contribution is 9.10. The second-order valence-corrected chi connectivity index (χ2v) is 4.57. The maximum Gasteiger partial charge on any atom is 0.136 e. The zero-order chi connectivity index (χ0) is 12.3. The molecule has 0 aliphatic carbocycles. The molecule has 0 fully saturated rings. The van der Waals surface area contributed by atoms with Gasteiger partial charge in [-0.3, -0.25) is 0 Å². The first-order valence-electron chi connectivity index (χ1n) is 4.91. The molecule has 1 aromatic heterocycles. The Hall–Kier alpha value is -1.19. The highest BCUT2D eigenvalue weighted by Gasteiger charge is 2.06. The van der Waals surface area contributed by atoms with E-state index < -0.39 is 0 Å². The Bertz CT molecular complexity index is 569. The summed E-state index contributed by atoms with van der Waals surface area (Å²) in [7, 11) is 0. The van der Waals surface area contributed by atoms with Crippen LogP contribution in [0.2, 0.25) is 5.15 Å². The van der Waals surface area contributed by atoms with Gasteiger partial charge in [0.2, 0.25) is 0 Å². The molecule has 1 heterocycles. The number of pyridine rings is 1. The van der Waals surface area contributed by atoms with E-state index >= 15 is 0 Å². The minimum Gasteiger partial charge on any atom is -0.244 e. The van der Waals surface area contributed by atoms with Gasteiger partial charge in [-0.05, 0) is 18.2 Å². The number of hydrogen-bond acceptors (Lipinski definition) is 1. The Balaban J connectivity index is 2.42. The summed E-state index contributed by atoms with van der Waals surface area (Å²) in [6.45, 7) is 0. The van der Waals surface area contributed by atoms with Gasteiger partial charge in [0.15, 0.2) is 0 Å². The summed E-state index contributed by atoms with van der Waals surface area (Å²) in [5.74, 6) is -0.354. The number of benzene rings is 1. The number of aromatic nitrogens is 1. The third-order valence-corrected chi connectivity index (χ3v) is 3.21. The lowest BCUT2D eigenvalue weighted by molar-refractivity contribution is 0.764. The van der Waals surface area contributed by atoms with Gasteiger partial charge < -0.3 is 0 Å². The van der Waals surface area contributed by atoms with Gasteiger partial charge in [0.05, 0.1) is 0 Å². The van der Waals surface area contributed by atoms with Crippen molar-refractivity contribution >= 4 is 39.4 Å². The van der Waals surface area contributed by atoms with E-state index in [2.05, 4.69) is 20.9 Å². The predicted octanol–water partition coefficient (Wildman–Crippen LogP) is 4.97. The molecule has 2 rings (SSSR count). The van der Waals surface area contributed by atoms with Crippen LogP contribution in [0.15, 0.2) is 47.1 Å². The highest BCUT2D eigenvalue weighted by atomic mass is 79.9. The molecular weight excluding hydrogens is 305 g/mol. The molecule has 0 radical (unpaired) electrons. The third kappa shape index (κ3) is 2.93. The molecule has 17 heavy (non-hydrogen) atoms. The Morgan fingerprint density at radius 3 is 2.71 bits per heavy atom. The van der Waals surface area contributed by atoms with Gasteiger partial charge in [-0.2, -0.15) is 0 Å². The maximum atomic E-state index is 14.0. The molecule has 0 saturated carbocycles. The second kappa shape index (κ2) is 5.43. The van der Waals surface area contributed by atoms with E-state index in [1.807, 2.05) is 6.07 Å². The molecule has 0 unspecified atom stereocenters. The van der Waals surface area contributed by atoms with E-state index in [0.717, 1.165) is 0 Å². The molecule has 0 saturated heterocycles. The van der Waals surface area contributed by atoms with E-state index in [1.165, 1.54) is 6.08 Å². The summed E-state index contributed by atoms with van der Waals surface area (Å²) in [6, 6.07) is 10.5. The van der Waals surface area contributed by atoms with Crippen molar-refractivity contribution in [3.8, 4) is 0 Å². The Kier molecular flexibility index (Phi) is 3.92. The van der Waals surface area contributed by atoms with Crippen LogP contribution in [0.4, 0.5) is 4.39 Å². The van der Waals surface area contributed by atoms with Gasteiger partial charge >= 0.3 is 0 Å². The summed E-state index contributed by atoms with van der Waals surface area (Å²) in [5, 5.41) is 0.287. The average Bonchev–Trinajstić information content (AvgIpc) is 2.32. The number of hydrogen-bond donors (Lipinski definition) is 0. The van der Waals surface area contributed by atoms with Crippen molar-refractivity contribution in [1.82, 2.24) is 4.98 Å². The smallest absolute Gasteiger partial charge is 0.136 e. The van der Waals surface area contributed by atoms with Crippen LogP contribution in [0.25, 0.3) is 11.9 Å². The molecular formula is C13H8BrClFN. The van der Waals surface area contributed by atoms with E-state index in [9.17, 15) is 4.39 Å². The van der Waals surface area contributed by atoms with E-state index in [0.29, 0.717) is 15.6 Å². The van der Waals surface area contributed by atoms with Crippen LogP contribution >= 0.6 is 27.5 Å². The van der Waals surface area contributed by atoms with Crippen LogP contribution in [-0.4, -0.2) is 4.98 Å². The summed E-state index contributed by atoms with van der Waals surface area (Å²) in [4.78, 5) is 3.89. The van der Waals surface area contributed by atoms with Crippen molar-refractivity contribution in [1.29, 1.82) is 0 Å². The maximum absolute atomic E-state index is 14.0. The lowest BCUT2D eigenvalue weighted by atomic mass is 10.1. The summed E-state index contributed by atoms with van der Waals surface area (Å²) < 4.78 is 14.7. The normalized spacial score (nSPS) is 11.6. The molecule has 1 nitrogen and oxygen atoms in total. The zero-order valence-electron chi connectivity index (χ0n) is 8.70. The number of nitrogens with zero attached hydrogens (tertiary/aromatic N) is 1. The first-order valence-corrected chi connectivity index (χ1v) is 6.08. The molecule has 1 aromatic carbocycles. The topological polar surface area (TPSA) is 12.9 Å². The fourth-order valence-corrected chi connectivity index (χ4v) is 2.02. The Morgan fingerprint density at radius 1 is 1.24 bits per heavy atom. The number of rotatable bonds is 2. The fourth-order valence-electron chi connectivity index (χ4n) is 1.38. The standard InChI is InChI=1S/C13H8BrClFN/c14-11-6-2-1-5-10(11)12(16)8-9-4-3-7-17-13(9)15/h1-8H/b12-8+. The monoisotopic (exact) mass is 311 g/mol. The molecule has 0 spiro atoms. The minimum absolute atomic E-state index is 0.287. The van der Waals surface area contributed by atoms with E-state index in [4.69, 9.17) is 11.6 Å². The van der Waals surface area contributed by atoms with Crippen LogP contribution in [0.3, 0.4) is 0 Å². The summed E-state index contributed by atoms with van der Waals surface area (Å²) in [5.41, 5.74) is 1.05. The van der Waals surface area contributed by atoms with Crippen molar-refractivity contribution in [3.05, 3.63) is 63.3 Å². The van der Waals surface area contributed by atoms with Gasteiger partial charge in [-0.25, -0.2) is 9.37 Å². The molecule has 0 aliphatic rings. The molecule has 0 amide bonds. The SMILES string of the molecule is F/C(=C/c1cccnc1Cl)c1ccccc1Br. The van der Waals surface area contributed by atoms with Crippen molar-refractivity contribution in [2.24, 2.45) is 0 Å². The van der Waals surface area contributed by atoms with Gasteiger partial charge in [-0.1, -0.05) is 51.8 Å². The van der Waals surface area contributed by atoms with Crippen molar-refractivity contribution in [2.45, 2.75) is 0 Å². The molecule has 0 atom stereocenters.